The Balaban J connectivity index is -0.000000438. The number of allylic oxidation sites excluding steroid dienone is 4. The Labute approximate surface area is 147 Å². The molecular weight excluding hydrogens is 276 g/mol. The molecule has 132 valence electrons. The lowest BCUT2D eigenvalue weighted by Crippen LogP contribution is -1.94. The highest BCUT2D eigenvalue weighted by atomic mass is 14.3. The van der Waals surface area contributed by atoms with Crippen LogP contribution in [0.1, 0.15) is 85.8 Å². The summed E-state index contributed by atoms with van der Waals surface area (Å²) in [6.45, 7) is 26.0. The summed E-state index contributed by atoms with van der Waals surface area (Å²) >= 11 is 0. The van der Waals surface area contributed by atoms with E-state index in [9.17, 15) is 0 Å². The van der Waals surface area contributed by atoms with Gasteiger partial charge in [-0.15, -0.1) is 0 Å². The first kappa shape index (κ1) is 26.3. The molecular formula is C23H40. The Morgan fingerprint density at radius 1 is 0.826 bits per heavy atom. The number of fused-ring (bicyclic) bond motifs is 1. The number of benzene rings is 1. The molecule has 0 N–H and O–H groups in total. The highest BCUT2D eigenvalue weighted by Gasteiger charge is 2.26. The van der Waals surface area contributed by atoms with Crippen LogP contribution in [0.4, 0.5) is 0 Å². The second kappa shape index (κ2) is 18.5. The highest BCUT2D eigenvalue weighted by molar-refractivity contribution is 5.85. The van der Waals surface area contributed by atoms with E-state index < -0.39 is 0 Å². The van der Waals surface area contributed by atoms with Crippen LogP contribution in [0.15, 0.2) is 55.1 Å². The Hall–Kier alpha value is -1.56. The molecule has 0 aromatic heterocycles. The number of hydrogen-bond acceptors (Lipinski definition) is 0. The van der Waals surface area contributed by atoms with E-state index in [1.807, 2.05) is 67.5 Å². The molecule has 0 saturated heterocycles. The predicted molar refractivity (Wildman–Crippen MR) is 112 cm³/mol. The molecule has 0 fully saturated rings. The van der Waals surface area contributed by atoms with Crippen molar-refractivity contribution < 1.29 is 0 Å². The average Bonchev–Trinajstić information content (AvgIpc) is 3.00. The van der Waals surface area contributed by atoms with Crippen molar-refractivity contribution in [3.8, 4) is 0 Å². The summed E-state index contributed by atoms with van der Waals surface area (Å²) in [7, 11) is 0. The van der Waals surface area contributed by atoms with E-state index in [2.05, 4.69) is 44.3 Å². The summed E-state index contributed by atoms with van der Waals surface area (Å²) < 4.78 is 0. The molecule has 0 aliphatic heterocycles. The molecule has 1 aliphatic carbocycles. The quantitative estimate of drug-likeness (QED) is 0.525. The van der Waals surface area contributed by atoms with Gasteiger partial charge in [0.1, 0.15) is 0 Å². The Bertz CT molecular complexity index is 435. The van der Waals surface area contributed by atoms with Crippen molar-refractivity contribution in [3.05, 3.63) is 66.3 Å². The highest BCUT2D eigenvalue weighted by Crippen LogP contribution is 2.44. The molecule has 23 heavy (non-hydrogen) atoms. The summed E-state index contributed by atoms with van der Waals surface area (Å²) in [4.78, 5) is 0. The Morgan fingerprint density at radius 3 is 1.70 bits per heavy atom. The van der Waals surface area contributed by atoms with Crippen LogP contribution in [0.2, 0.25) is 0 Å². The molecule has 0 heterocycles. The fourth-order valence-electron chi connectivity index (χ4n) is 2.48. The maximum Gasteiger partial charge on any atom is 0.00988 e. The van der Waals surface area contributed by atoms with E-state index in [4.69, 9.17) is 0 Å². The summed E-state index contributed by atoms with van der Waals surface area (Å²) in [6, 6.07) is 8.57. The molecule has 2 rings (SSSR count). The first-order chi connectivity index (χ1) is 11.3. The van der Waals surface area contributed by atoms with E-state index in [0.717, 1.165) is 6.42 Å². The molecule has 0 bridgehead atoms. The molecule has 1 aromatic rings. The van der Waals surface area contributed by atoms with Crippen molar-refractivity contribution in [2.75, 3.05) is 0 Å². The maximum atomic E-state index is 3.92. The second-order valence-electron chi connectivity index (χ2n) is 3.83. The van der Waals surface area contributed by atoms with Gasteiger partial charge in [0.25, 0.3) is 0 Å². The van der Waals surface area contributed by atoms with Gasteiger partial charge in [0.2, 0.25) is 0 Å². The Morgan fingerprint density at radius 2 is 1.30 bits per heavy atom. The minimum atomic E-state index is 0.506. The van der Waals surface area contributed by atoms with Crippen molar-refractivity contribution in [3.63, 3.8) is 0 Å². The van der Waals surface area contributed by atoms with Crippen LogP contribution in [0, 0.1) is 0 Å². The van der Waals surface area contributed by atoms with E-state index in [1.165, 1.54) is 22.3 Å². The van der Waals surface area contributed by atoms with E-state index >= 15 is 0 Å². The Kier molecular flexibility index (Phi) is 21.2. The van der Waals surface area contributed by atoms with Crippen molar-refractivity contribution in [1.82, 2.24) is 0 Å². The number of rotatable bonds is 3. The van der Waals surface area contributed by atoms with Gasteiger partial charge in [0.15, 0.2) is 0 Å². The van der Waals surface area contributed by atoms with Crippen LogP contribution in [0.5, 0.6) is 0 Å². The van der Waals surface area contributed by atoms with Crippen LogP contribution in [0.25, 0.3) is 5.57 Å². The normalized spacial score (nSPS) is 13.3. The van der Waals surface area contributed by atoms with Gasteiger partial charge in [0.05, 0.1) is 0 Å². The predicted octanol–water partition coefficient (Wildman–Crippen LogP) is 8.42. The zero-order chi connectivity index (χ0) is 18.8. The molecule has 1 atom stereocenters. The van der Waals surface area contributed by atoms with Crippen LogP contribution >= 0.6 is 0 Å². The standard InChI is InChI=1S/C15H16.4C2H6/c1-4-11-12(5-2)14-9-7-8-10-15(14)13(11)6-3;4*1-2/h4-5,7-10,13H,1-2,6H2,3H3;4*1-2H3. The van der Waals surface area contributed by atoms with Crippen LogP contribution in [-0.2, 0) is 0 Å². The fourth-order valence-corrected chi connectivity index (χ4v) is 2.48. The van der Waals surface area contributed by atoms with Gasteiger partial charge in [-0.25, -0.2) is 0 Å². The molecule has 0 amide bonds. The lowest BCUT2D eigenvalue weighted by atomic mass is 9.93. The first-order valence-corrected chi connectivity index (χ1v) is 9.41. The van der Waals surface area contributed by atoms with Crippen LogP contribution < -0.4 is 0 Å². The van der Waals surface area contributed by atoms with E-state index in [-0.39, 0.29) is 0 Å². The zero-order valence-electron chi connectivity index (χ0n) is 17.2. The minimum Gasteiger partial charge on any atom is -0.0987 e. The SMILES string of the molecule is C=CC1=C(C=C)C(CC)c2ccccc21.CC.CC.CC.CC. The van der Waals surface area contributed by atoms with Crippen LogP contribution in [0.3, 0.4) is 0 Å². The van der Waals surface area contributed by atoms with Gasteiger partial charge in [-0.2, -0.15) is 0 Å². The first-order valence-electron chi connectivity index (χ1n) is 9.41. The van der Waals surface area contributed by atoms with Gasteiger partial charge in [0, 0.05) is 5.92 Å². The molecule has 0 radical (unpaired) electrons. The summed E-state index contributed by atoms with van der Waals surface area (Å²) in [5.41, 5.74) is 5.33. The smallest absolute Gasteiger partial charge is 0.00988 e. The monoisotopic (exact) mass is 316 g/mol. The van der Waals surface area contributed by atoms with Gasteiger partial charge in [-0.05, 0) is 28.7 Å². The van der Waals surface area contributed by atoms with Crippen LogP contribution in [-0.4, -0.2) is 0 Å². The molecule has 0 heteroatoms. The third-order valence-corrected chi connectivity index (χ3v) is 3.15. The fraction of sp³-hybridized carbons (Fsp3) is 0.478. The molecule has 0 spiro atoms. The van der Waals surface area contributed by atoms with Crippen molar-refractivity contribution >= 4 is 5.57 Å². The van der Waals surface area contributed by atoms with Crippen molar-refractivity contribution in [2.45, 2.75) is 74.7 Å². The number of hydrogen-bond donors (Lipinski definition) is 0. The topological polar surface area (TPSA) is 0 Å². The summed E-state index contributed by atoms with van der Waals surface area (Å²) in [6.07, 6.45) is 5.05. The summed E-state index contributed by atoms with van der Waals surface area (Å²) in [5, 5.41) is 0. The van der Waals surface area contributed by atoms with Crippen molar-refractivity contribution in [1.29, 1.82) is 0 Å². The van der Waals surface area contributed by atoms with Gasteiger partial charge < -0.3 is 0 Å². The van der Waals surface area contributed by atoms with E-state index in [0.29, 0.717) is 5.92 Å². The van der Waals surface area contributed by atoms with E-state index in [1.54, 1.807) is 0 Å². The lowest BCUT2D eigenvalue weighted by molar-refractivity contribution is 0.792. The molecule has 0 saturated carbocycles. The lowest BCUT2D eigenvalue weighted by Gasteiger charge is -2.10. The van der Waals surface area contributed by atoms with Crippen molar-refractivity contribution in [2.24, 2.45) is 0 Å². The molecule has 1 unspecified atom stereocenters. The maximum absolute atomic E-state index is 3.92. The minimum absolute atomic E-state index is 0.506. The third kappa shape index (κ3) is 7.03. The third-order valence-electron chi connectivity index (χ3n) is 3.15. The van der Waals surface area contributed by atoms with Gasteiger partial charge in [-0.3, -0.25) is 0 Å². The average molecular weight is 317 g/mol. The van der Waals surface area contributed by atoms with Gasteiger partial charge in [-0.1, -0.05) is 112 Å². The molecule has 1 aromatic carbocycles. The zero-order valence-corrected chi connectivity index (χ0v) is 17.2. The largest absolute Gasteiger partial charge is 0.0987 e. The molecule has 1 aliphatic rings. The van der Waals surface area contributed by atoms with Gasteiger partial charge >= 0.3 is 0 Å². The summed E-state index contributed by atoms with van der Waals surface area (Å²) in [5.74, 6) is 0.506. The second-order valence-corrected chi connectivity index (χ2v) is 3.83. The molecule has 0 nitrogen and oxygen atoms in total.